The van der Waals surface area contributed by atoms with E-state index in [1.54, 1.807) is 0 Å². The van der Waals surface area contributed by atoms with E-state index in [2.05, 4.69) is 29.8 Å². The summed E-state index contributed by atoms with van der Waals surface area (Å²) in [6.07, 6.45) is 0. The molecule has 0 saturated carbocycles. The summed E-state index contributed by atoms with van der Waals surface area (Å²) < 4.78 is 5.23. The highest BCUT2D eigenvalue weighted by Gasteiger charge is 2.06. The van der Waals surface area contributed by atoms with Gasteiger partial charge < -0.3 is 4.74 Å². The largest absolute Gasteiger partial charge is 0.381 e. The lowest BCUT2D eigenvalue weighted by Crippen LogP contribution is -2.13. The summed E-state index contributed by atoms with van der Waals surface area (Å²) in [5.41, 5.74) is 0. The summed E-state index contributed by atoms with van der Waals surface area (Å²) >= 11 is 3.49. The predicted molar refractivity (Wildman–Crippen MR) is 44.0 cm³/mol. The molecule has 0 rings (SSSR count). The Morgan fingerprint density at radius 2 is 2.00 bits per heavy atom. The molecule has 0 aliphatic heterocycles. The molecule has 56 valence electrons. The summed E-state index contributed by atoms with van der Waals surface area (Å²) in [7, 11) is 0. The molecule has 0 radical (unpaired) electrons. The molecular weight excluding hydrogens is 180 g/mol. The van der Waals surface area contributed by atoms with E-state index < -0.39 is 0 Å². The van der Waals surface area contributed by atoms with Crippen molar-refractivity contribution in [1.29, 1.82) is 0 Å². The van der Waals surface area contributed by atoms with Crippen LogP contribution in [-0.2, 0) is 4.74 Å². The van der Waals surface area contributed by atoms with Gasteiger partial charge in [0.25, 0.3) is 0 Å². The average Bonchev–Trinajstić information content (AvgIpc) is 1.82. The molecule has 2 atom stereocenters. The van der Waals surface area contributed by atoms with Gasteiger partial charge in [-0.1, -0.05) is 29.8 Å². The monoisotopic (exact) mass is 194 g/mol. The Labute approximate surface area is 65.9 Å². The maximum Gasteiger partial charge on any atom is 0.0502 e. The van der Waals surface area contributed by atoms with Crippen LogP contribution in [0.4, 0.5) is 0 Å². The Balaban J connectivity index is 3.16. The van der Waals surface area contributed by atoms with Gasteiger partial charge >= 0.3 is 0 Å². The van der Waals surface area contributed by atoms with Crippen LogP contribution in [-0.4, -0.2) is 18.0 Å². The SMILES string of the molecule is CCOCC(C)C(C)Br. The smallest absolute Gasteiger partial charge is 0.0502 e. The van der Waals surface area contributed by atoms with Crippen molar-refractivity contribution in [1.82, 2.24) is 0 Å². The van der Waals surface area contributed by atoms with Crippen LogP contribution in [0, 0.1) is 5.92 Å². The average molecular weight is 195 g/mol. The minimum atomic E-state index is 0.559. The first-order chi connectivity index (χ1) is 4.18. The molecule has 1 nitrogen and oxygen atoms in total. The van der Waals surface area contributed by atoms with Crippen molar-refractivity contribution in [3.05, 3.63) is 0 Å². The topological polar surface area (TPSA) is 9.23 Å². The van der Waals surface area contributed by atoms with E-state index in [-0.39, 0.29) is 0 Å². The van der Waals surface area contributed by atoms with Crippen LogP contribution in [0.1, 0.15) is 20.8 Å². The highest BCUT2D eigenvalue weighted by Crippen LogP contribution is 2.11. The third-order valence-electron chi connectivity index (χ3n) is 1.37. The minimum Gasteiger partial charge on any atom is -0.381 e. The Hall–Kier alpha value is 0.440. The molecule has 2 unspecified atom stereocenters. The number of hydrogen-bond acceptors (Lipinski definition) is 1. The van der Waals surface area contributed by atoms with Crippen molar-refractivity contribution in [2.45, 2.75) is 25.6 Å². The van der Waals surface area contributed by atoms with Gasteiger partial charge in [-0.3, -0.25) is 0 Å². The first-order valence-electron chi connectivity index (χ1n) is 3.40. The predicted octanol–water partition coefficient (Wildman–Crippen LogP) is 2.44. The van der Waals surface area contributed by atoms with Gasteiger partial charge in [0.15, 0.2) is 0 Å². The van der Waals surface area contributed by atoms with Crippen molar-refractivity contribution in [3.8, 4) is 0 Å². The molecule has 0 fully saturated rings. The summed E-state index contributed by atoms with van der Waals surface area (Å²) in [6.45, 7) is 8.03. The van der Waals surface area contributed by atoms with E-state index in [9.17, 15) is 0 Å². The molecule has 9 heavy (non-hydrogen) atoms. The van der Waals surface area contributed by atoms with Crippen LogP contribution in [0.15, 0.2) is 0 Å². The highest BCUT2D eigenvalue weighted by molar-refractivity contribution is 9.09. The van der Waals surface area contributed by atoms with Crippen LogP contribution >= 0.6 is 15.9 Å². The summed E-state index contributed by atoms with van der Waals surface area (Å²) in [4.78, 5) is 0.559. The van der Waals surface area contributed by atoms with Crippen LogP contribution in [0.25, 0.3) is 0 Å². The summed E-state index contributed by atoms with van der Waals surface area (Å²) in [5.74, 6) is 0.616. The van der Waals surface area contributed by atoms with Crippen LogP contribution < -0.4 is 0 Å². The van der Waals surface area contributed by atoms with Gasteiger partial charge in [-0.15, -0.1) is 0 Å². The Morgan fingerprint density at radius 1 is 1.44 bits per heavy atom. The molecule has 0 N–H and O–H groups in total. The number of ether oxygens (including phenoxy) is 1. The standard InChI is InChI=1S/C7H15BrO/c1-4-9-5-6(2)7(3)8/h6-7H,4-5H2,1-3H3. The number of hydrogen-bond donors (Lipinski definition) is 0. The molecule has 0 bridgehead atoms. The minimum absolute atomic E-state index is 0.559. The normalized spacial score (nSPS) is 17.3. The van der Waals surface area contributed by atoms with Gasteiger partial charge in [-0.2, -0.15) is 0 Å². The van der Waals surface area contributed by atoms with Crippen molar-refractivity contribution in [2.24, 2.45) is 5.92 Å². The lowest BCUT2D eigenvalue weighted by Gasteiger charge is -2.12. The van der Waals surface area contributed by atoms with Gasteiger partial charge in [-0.25, -0.2) is 0 Å². The molecule has 0 amide bonds. The van der Waals surface area contributed by atoms with Crippen molar-refractivity contribution >= 4 is 15.9 Å². The third kappa shape index (κ3) is 4.91. The van der Waals surface area contributed by atoms with E-state index >= 15 is 0 Å². The fourth-order valence-corrected chi connectivity index (χ4v) is 0.589. The van der Waals surface area contributed by atoms with E-state index in [1.807, 2.05) is 6.92 Å². The summed E-state index contributed by atoms with van der Waals surface area (Å²) in [5, 5.41) is 0. The number of rotatable bonds is 4. The fourth-order valence-electron chi connectivity index (χ4n) is 0.436. The van der Waals surface area contributed by atoms with Crippen molar-refractivity contribution in [3.63, 3.8) is 0 Å². The Kier molecular flexibility index (Phi) is 5.50. The molecule has 0 aromatic heterocycles. The maximum absolute atomic E-state index is 5.23. The maximum atomic E-state index is 5.23. The zero-order valence-corrected chi connectivity index (χ0v) is 7.94. The molecule has 0 aliphatic carbocycles. The van der Waals surface area contributed by atoms with Crippen LogP contribution in [0.3, 0.4) is 0 Å². The molecule has 0 aliphatic rings. The molecular formula is C7H15BrO. The zero-order valence-electron chi connectivity index (χ0n) is 6.36. The van der Waals surface area contributed by atoms with Gasteiger partial charge in [0.1, 0.15) is 0 Å². The van der Waals surface area contributed by atoms with Gasteiger partial charge in [0.05, 0.1) is 6.61 Å². The zero-order chi connectivity index (χ0) is 7.28. The quantitative estimate of drug-likeness (QED) is 0.626. The van der Waals surface area contributed by atoms with Crippen LogP contribution in [0.5, 0.6) is 0 Å². The first-order valence-corrected chi connectivity index (χ1v) is 4.31. The third-order valence-corrected chi connectivity index (χ3v) is 2.27. The number of halogens is 1. The van der Waals surface area contributed by atoms with Crippen molar-refractivity contribution in [2.75, 3.05) is 13.2 Å². The highest BCUT2D eigenvalue weighted by atomic mass is 79.9. The van der Waals surface area contributed by atoms with Crippen molar-refractivity contribution < 1.29 is 4.74 Å². The van der Waals surface area contributed by atoms with E-state index in [4.69, 9.17) is 4.74 Å². The van der Waals surface area contributed by atoms with Gasteiger partial charge in [-0.05, 0) is 12.8 Å². The Bertz CT molecular complexity index is 63.9. The molecule has 0 spiro atoms. The summed E-state index contributed by atoms with van der Waals surface area (Å²) in [6, 6.07) is 0. The molecule has 0 aromatic rings. The van der Waals surface area contributed by atoms with Crippen LogP contribution in [0.2, 0.25) is 0 Å². The second-order valence-electron chi connectivity index (χ2n) is 2.31. The molecule has 0 heterocycles. The fraction of sp³-hybridized carbons (Fsp3) is 1.00. The van der Waals surface area contributed by atoms with E-state index in [1.165, 1.54) is 0 Å². The van der Waals surface area contributed by atoms with E-state index in [0.29, 0.717) is 10.7 Å². The lowest BCUT2D eigenvalue weighted by atomic mass is 10.1. The second kappa shape index (κ2) is 5.24. The molecule has 0 saturated heterocycles. The second-order valence-corrected chi connectivity index (χ2v) is 3.76. The first kappa shape index (κ1) is 9.44. The van der Waals surface area contributed by atoms with E-state index in [0.717, 1.165) is 13.2 Å². The lowest BCUT2D eigenvalue weighted by molar-refractivity contribution is 0.117. The van der Waals surface area contributed by atoms with Gasteiger partial charge in [0, 0.05) is 11.4 Å². The number of alkyl halides is 1. The van der Waals surface area contributed by atoms with Gasteiger partial charge in [0.2, 0.25) is 0 Å². The molecule has 0 aromatic carbocycles. The molecule has 2 heteroatoms. The Morgan fingerprint density at radius 3 is 2.33 bits per heavy atom.